The first-order valence-corrected chi connectivity index (χ1v) is 10.2. The van der Waals surface area contributed by atoms with Gasteiger partial charge in [-0.3, -0.25) is 9.59 Å². The Bertz CT molecular complexity index is 472. The third-order valence-corrected chi connectivity index (χ3v) is 5.82. The quantitative estimate of drug-likeness (QED) is 0.408. The summed E-state index contributed by atoms with van der Waals surface area (Å²) in [6, 6.07) is 0. The Balaban J connectivity index is 1.67. The van der Waals surface area contributed by atoms with Gasteiger partial charge in [-0.2, -0.15) is 0 Å². The van der Waals surface area contributed by atoms with E-state index in [1.165, 1.54) is 38.5 Å². The van der Waals surface area contributed by atoms with E-state index in [0.717, 1.165) is 38.0 Å². The topological polar surface area (TPSA) is 54.4 Å². The van der Waals surface area contributed by atoms with Gasteiger partial charge in [0.25, 0.3) is 0 Å². The fourth-order valence-corrected chi connectivity index (χ4v) is 4.28. The molecule has 0 unspecified atom stereocenters. The number of hydrogen-bond acceptors (Lipinski definition) is 2. The minimum absolute atomic E-state index is 0.140. The van der Waals surface area contributed by atoms with E-state index in [1.54, 1.807) is 0 Å². The van der Waals surface area contributed by atoms with Gasteiger partial charge >= 0.3 is 5.97 Å². The Kier molecular flexibility index (Phi) is 8.99. The van der Waals surface area contributed by atoms with Gasteiger partial charge in [0.05, 0.1) is 0 Å². The van der Waals surface area contributed by atoms with Gasteiger partial charge in [0.2, 0.25) is 0 Å². The zero-order valence-corrected chi connectivity index (χ0v) is 15.5. The maximum atomic E-state index is 12.1. The Hall–Kier alpha value is -1.38. The molecule has 25 heavy (non-hydrogen) atoms. The van der Waals surface area contributed by atoms with Crippen LogP contribution in [0, 0.1) is 17.8 Å². The number of hydrogen-bond donors (Lipinski definition) is 1. The largest absolute Gasteiger partial charge is 0.481 e. The summed E-state index contributed by atoms with van der Waals surface area (Å²) in [7, 11) is 0. The third kappa shape index (κ3) is 7.58. The Morgan fingerprint density at radius 2 is 1.84 bits per heavy atom. The van der Waals surface area contributed by atoms with Crippen LogP contribution in [0.15, 0.2) is 24.3 Å². The molecule has 0 bridgehead atoms. The van der Waals surface area contributed by atoms with E-state index in [-0.39, 0.29) is 12.3 Å². The summed E-state index contributed by atoms with van der Waals surface area (Å²) in [4.78, 5) is 22.6. The molecule has 140 valence electrons. The van der Waals surface area contributed by atoms with Crippen molar-refractivity contribution < 1.29 is 14.7 Å². The molecule has 2 fully saturated rings. The van der Waals surface area contributed by atoms with Crippen LogP contribution in [-0.4, -0.2) is 16.9 Å². The van der Waals surface area contributed by atoms with Crippen molar-refractivity contribution >= 4 is 11.8 Å². The molecule has 2 saturated carbocycles. The summed E-state index contributed by atoms with van der Waals surface area (Å²) in [6.45, 7) is 0. The smallest absolute Gasteiger partial charge is 0.303 e. The van der Waals surface area contributed by atoms with Crippen molar-refractivity contribution in [3.05, 3.63) is 24.3 Å². The van der Waals surface area contributed by atoms with Crippen LogP contribution in [-0.2, 0) is 9.59 Å². The highest BCUT2D eigenvalue weighted by molar-refractivity contribution is 5.83. The summed E-state index contributed by atoms with van der Waals surface area (Å²) in [5.41, 5.74) is 0. The van der Waals surface area contributed by atoms with Gasteiger partial charge in [0.1, 0.15) is 5.78 Å². The SMILES string of the molecule is O=C(O)CCC/C=C\C[C@@H]1C(=O)CC[C@@H]1/C=C/CCC1CCCCC1. The Labute approximate surface area is 152 Å². The van der Waals surface area contributed by atoms with E-state index in [4.69, 9.17) is 5.11 Å². The van der Waals surface area contributed by atoms with Crippen molar-refractivity contribution in [3.63, 3.8) is 0 Å². The van der Waals surface area contributed by atoms with Crippen molar-refractivity contribution in [1.82, 2.24) is 0 Å². The second-order valence-electron chi connectivity index (χ2n) is 7.78. The zero-order valence-electron chi connectivity index (χ0n) is 15.5. The molecular formula is C22H34O3. The van der Waals surface area contributed by atoms with Crippen LogP contribution in [0.3, 0.4) is 0 Å². The summed E-state index contributed by atoms with van der Waals surface area (Å²) in [5, 5.41) is 8.62. The summed E-state index contributed by atoms with van der Waals surface area (Å²) in [6.07, 6.45) is 22.5. The average Bonchev–Trinajstić information content (AvgIpc) is 2.95. The number of aliphatic carboxylic acids is 1. The van der Waals surface area contributed by atoms with E-state index in [0.29, 0.717) is 18.1 Å². The van der Waals surface area contributed by atoms with Crippen LogP contribution in [0.2, 0.25) is 0 Å². The van der Waals surface area contributed by atoms with Gasteiger partial charge in [-0.15, -0.1) is 0 Å². The predicted molar refractivity (Wildman–Crippen MR) is 101 cm³/mol. The minimum atomic E-state index is -0.738. The summed E-state index contributed by atoms with van der Waals surface area (Å²) in [5.74, 6) is 1.13. The lowest BCUT2D eigenvalue weighted by molar-refractivity contribution is -0.137. The molecule has 2 rings (SSSR count). The van der Waals surface area contributed by atoms with Crippen molar-refractivity contribution in [2.75, 3.05) is 0 Å². The highest BCUT2D eigenvalue weighted by atomic mass is 16.4. The Morgan fingerprint density at radius 3 is 2.60 bits per heavy atom. The lowest BCUT2D eigenvalue weighted by Crippen LogP contribution is -2.12. The van der Waals surface area contributed by atoms with Crippen molar-refractivity contribution in [3.8, 4) is 0 Å². The van der Waals surface area contributed by atoms with Crippen molar-refractivity contribution in [2.45, 2.75) is 83.5 Å². The first-order chi connectivity index (χ1) is 12.2. The summed E-state index contributed by atoms with van der Waals surface area (Å²) >= 11 is 0. The highest BCUT2D eigenvalue weighted by Gasteiger charge is 2.31. The second kappa shape index (κ2) is 11.3. The fourth-order valence-electron chi connectivity index (χ4n) is 4.28. The minimum Gasteiger partial charge on any atom is -0.481 e. The molecule has 3 heteroatoms. The van der Waals surface area contributed by atoms with E-state index in [9.17, 15) is 9.59 Å². The number of ketones is 1. The fraction of sp³-hybridized carbons (Fsp3) is 0.727. The van der Waals surface area contributed by atoms with Crippen LogP contribution in [0.1, 0.15) is 83.5 Å². The third-order valence-electron chi connectivity index (χ3n) is 5.82. The number of carboxylic acids is 1. The maximum absolute atomic E-state index is 12.1. The first kappa shape index (κ1) is 19.9. The van der Waals surface area contributed by atoms with Crippen LogP contribution in [0.5, 0.6) is 0 Å². The van der Waals surface area contributed by atoms with E-state index in [1.807, 2.05) is 6.08 Å². The van der Waals surface area contributed by atoms with Gasteiger partial charge < -0.3 is 5.11 Å². The number of allylic oxidation sites excluding steroid dienone is 4. The van der Waals surface area contributed by atoms with Crippen LogP contribution in [0.4, 0.5) is 0 Å². The van der Waals surface area contributed by atoms with Crippen LogP contribution >= 0.6 is 0 Å². The van der Waals surface area contributed by atoms with Crippen molar-refractivity contribution in [1.29, 1.82) is 0 Å². The normalized spacial score (nSPS) is 25.4. The van der Waals surface area contributed by atoms with Gasteiger partial charge in [0, 0.05) is 18.8 Å². The van der Waals surface area contributed by atoms with E-state index >= 15 is 0 Å². The number of unbranched alkanes of at least 4 members (excludes halogenated alkanes) is 1. The van der Waals surface area contributed by atoms with Gasteiger partial charge in [-0.05, 0) is 50.4 Å². The molecule has 0 radical (unpaired) electrons. The predicted octanol–water partition coefficient (Wildman–Crippen LogP) is 5.70. The monoisotopic (exact) mass is 346 g/mol. The molecule has 1 N–H and O–H groups in total. The number of rotatable bonds is 10. The number of carbonyl (C=O) groups is 2. The molecule has 0 spiro atoms. The molecular weight excluding hydrogens is 312 g/mol. The maximum Gasteiger partial charge on any atom is 0.303 e. The van der Waals surface area contributed by atoms with Gasteiger partial charge in [-0.1, -0.05) is 56.4 Å². The van der Waals surface area contributed by atoms with Crippen molar-refractivity contribution in [2.24, 2.45) is 17.8 Å². The molecule has 0 aromatic carbocycles. The van der Waals surface area contributed by atoms with Crippen LogP contribution in [0.25, 0.3) is 0 Å². The molecule has 2 aliphatic carbocycles. The Morgan fingerprint density at radius 1 is 1.04 bits per heavy atom. The molecule has 0 aromatic rings. The number of Topliss-reactive ketones (excluding diaryl/α,β-unsaturated/α-hetero) is 1. The number of carboxylic acid groups (broad SMARTS) is 1. The molecule has 0 amide bonds. The molecule has 3 nitrogen and oxygen atoms in total. The lowest BCUT2D eigenvalue weighted by atomic mass is 9.86. The summed E-state index contributed by atoms with van der Waals surface area (Å²) < 4.78 is 0. The molecule has 0 aromatic heterocycles. The average molecular weight is 347 g/mol. The van der Waals surface area contributed by atoms with Gasteiger partial charge in [-0.25, -0.2) is 0 Å². The van der Waals surface area contributed by atoms with E-state index in [2.05, 4.69) is 18.2 Å². The highest BCUT2D eigenvalue weighted by Crippen LogP contribution is 2.33. The van der Waals surface area contributed by atoms with Crippen LogP contribution < -0.4 is 0 Å². The van der Waals surface area contributed by atoms with Gasteiger partial charge in [0.15, 0.2) is 0 Å². The molecule has 0 saturated heterocycles. The standard InChI is InChI=1S/C22H34O3/c23-21-17-16-19(13-9-8-12-18-10-4-3-5-11-18)20(21)14-6-1-2-7-15-22(24)25/h1,6,9,13,18-20H,2-5,7-8,10-12,14-17H2,(H,24,25)/b6-1-,13-9+/t19-,20-/m0/s1. The molecule has 0 aliphatic heterocycles. The van der Waals surface area contributed by atoms with E-state index < -0.39 is 5.97 Å². The molecule has 2 aliphatic rings. The second-order valence-corrected chi connectivity index (χ2v) is 7.78. The number of carbonyl (C=O) groups excluding carboxylic acids is 1. The molecule has 2 atom stereocenters. The lowest BCUT2D eigenvalue weighted by Gasteiger charge is -2.20. The zero-order chi connectivity index (χ0) is 17.9. The first-order valence-electron chi connectivity index (χ1n) is 10.2. The molecule has 0 heterocycles.